The quantitative estimate of drug-likeness (QED) is 0.747. The molecule has 1 aliphatic heterocycles. The lowest BCUT2D eigenvalue weighted by Gasteiger charge is -2.17. The molecule has 1 atom stereocenters. The van der Waals surface area contributed by atoms with Crippen molar-refractivity contribution >= 4 is 15.7 Å². The van der Waals surface area contributed by atoms with Gasteiger partial charge in [0.15, 0.2) is 0 Å². The Hall–Kier alpha value is -1.11. The number of rotatable bonds is 2. The molecular weight excluding hydrogens is 240 g/mol. The van der Waals surface area contributed by atoms with E-state index in [0.717, 1.165) is 0 Å². The van der Waals surface area contributed by atoms with Crippen LogP contribution in [0.3, 0.4) is 0 Å². The van der Waals surface area contributed by atoms with E-state index < -0.39 is 16.1 Å². The van der Waals surface area contributed by atoms with Crippen LogP contribution in [0, 0.1) is 6.92 Å². The maximum Gasteiger partial charge on any atom is 0.243 e. The van der Waals surface area contributed by atoms with Gasteiger partial charge in [0, 0.05) is 18.8 Å². The van der Waals surface area contributed by atoms with Gasteiger partial charge in [-0.1, -0.05) is 6.07 Å². The molecule has 94 valence electrons. The molecule has 1 aliphatic rings. The van der Waals surface area contributed by atoms with Crippen LogP contribution < -0.4 is 5.73 Å². The van der Waals surface area contributed by atoms with Gasteiger partial charge in [0.1, 0.15) is 0 Å². The molecule has 0 bridgehead atoms. The van der Waals surface area contributed by atoms with Crippen LogP contribution in [-0.2, 0) is 10.0 Å². The average molecular weight is 256 g/mol. The Bertz CT molecular complexity index is 528. The highest BCUT2D eigenvalue weighted by Gasteiger charge is 2.32. The summed E-state index contributed by atoms with van der Waals surface area (Å²) in [6.07, 6.45) is -0.0771. The van der Waals surface area contributed by atoms with Crippen molar-refractivity contribution in [2.24, 2.45) is 0 Å². The van der Waals surface area contributed by atoms with E-state index in [1.54, 1.807) is 19.1 Å². The Morgan fingerprint density at radius 2 is 2.18 bits per heavy atom. The van der Waals surface area contributed by atoms with Gasteiger partial charge in [-0.15, -0.1) is 0 Å². The number of hydrogen-bond acceptors (Lipinski definition) is 4. The molecule has 1 aromatic carbocycles. The van der Waals surface area contributed by atoms with Crippen molar-refractivity contribution in [3.05, 3.63) is 23.8 Å². The van der Waals surface area contributed by atoms with Crippen LogP contribution in [0.2, 0.25) is 0 Å². The second kappa shape index (κ2) is 4.29. The minimum Gasteiger partial charge on any atom is -0.399 e. The minimum absolute atomic E-state index is 0.163. The molecule has 17 heavy (non-hydrogen) atoms. The van der Waals surface area contributed by atoms with Crippen molar-refractivity contribution in [1.29, 1.82) is 0 Å². The van der Waals surface area contributed by atoms with Gasteiger partial charge in [0.2, 0.25) is 10.0 Å². The molecule has 0 aromatic heterocycles. The number of aliphatic hydroxyl groups is 1. The summed E-state index contributed by atoms with van der Waals surface area (Å²) in [5.74, 6) is 0. The molecule has 1 fully saturated rings. The minimum atomic E-state index is -3.53. The summed E-state index contributed by atoms with van der Waals surface area (Å²) in [5.41, 5.74) is 6.71. The van der Waals surface area contributed by atoms with E-state index in [0.29, 0.717) is 24.2 Å². The maximum absolute atomic E-state index is 12.3. The first-order valence-electron chi connectivity index (χ1n) is 5.45. The van der Waals surface area contributed by atoms with E-state index in [1.165, 1.54) is 10.4 Å². The molecule has 1 aromatic rings. The monoisotopic (exact) mass is 256 g/mol. The molecule has 3 N–H and O–H groups in total. The summed E-state index contributed by atoms with van der Waals surface area (Å²) >= 11 is 0. The fourth-order valence-corrected chi connectivity index (χ4v) is 3.71. The normalized spacial score (nSPS) is 21.9. The van der Waals surface area contributed by atoms with E-state index in [1.807, 2.05) is 0 Å². The number of nitrogens with two attached hydrogens (primary N) is 1. The van der Waals surface area contributed by atoms with Crippen molar-refractivity contribution in [3.63, 3.8) is 0 Å². The second-order valence-electron chi connectivity index (χ2n) is 4.33. The SMILES string of the molecule is Cc1ccc(N)cc1S(=O)(=O)N1CCC(O)C1. The lowest BCUT2D eigenvalue weighted by atomic mass is 10.2. The van der Waals surface area contributed by atoms with E-state index in [-0.39, 0.29) is 11.4 Å². The van der Waals surface area contributed by atoms with E-state index >= 15 is 0 Å². The lowest BCUT2D eigenvalue weighted by molar-refractivity contribution is 0.189. The zero-order valence-electron chi connectivity index (χ0n) is 9.63. The zero-order valence-corrected chi connectivity index (χ0v) is 10.4. The Morgan fingerprint density at radius 3 is 2.76 bits per heavy atom. The molecular formula is C11H16N2O3S. The predicted molar refractivity (Wildman–Crippen MR) is 65.0 cm³/mol. The summed E-state index contributed by atoms with van der Waals surface area (Å²) in [7, 11) is -3.53. The van der Waals surface area contributed by atoms with Gasteiger partial charge < -0.3 is 10.8 Å². The van der Waals surface area contributed by atoms with Gasteiger partial charge in [-0.25, -0.2) is 8.42 Å². The van der Waals surface area contributed by atoms with Crippen molar-refractivity contribution in [3.8, 4) is 0 Å². The largest absolute Gasteiger partial charge is 0.399 e. The number of aryl methyl sites for hydroxylation is 1. The third-order valence-corrected chi connectivity index (χ3v) is 4.96. The molecule has 0 saturated carbocycles. The third-order valence-electron chi connectivity index (χ3n) is 2.96. The Kier molecular flexibility index (Phi) is 3.11. The van der Waals surface area contributed by atoms with Crippen LogP contribution in [0.25, 0.3) is 0 Å². The fraction of sp³-hybridized carbons (Fsp3) is 0.455. The van der Waals surface area contributed by atoms with Crippen LogP contribution in [0.4, 0.5) is 5.69 Å². The van der Waals surface area contributed by atoms with Crippen LogP contribution in [0.15, 0.2) is 23.1 Å². The second-order valence-corrected chi connectivity index (χ2v) is 6.24. The summed E-state index contributed by atoms with van der Waals surface area (Å²) in [5, 5.41) is 9.40. The van der Waals surface area contributed by atoms with Crippen molar-refractivity contribution in [2.45, 2.75) is 24.3 Å². The highest BCUT2D eigenvalue weighted by atomic mass is 32.2. The van der Waals surface area contributed by atoms with Crippen molar-refractivity contribution in [2.75, 3.05) is 18.8 Å². The molecule has 0 spiro atoms. The Labute approximate surface area is 101 Å². The first-order valence-corrected chi connectivity index (χ1v) is 6.89. The summed E-state index contributed by atoms with van der Waals surface area (Å²) < 4.78 is 25.9. The first-order chi connectivity index (χ1) is 7.91. The molecule has 0 radical (unpaired) electrons. The number of hydrogen-bond donors (Lipinski definition) is 2. The number of β-amino-alcohol motifs (C(OH)–C–C–N with tert-alkyl or cyclic N) is 1. The Morgan fingerprint density at radius 1 is 1.47 bits per heavy atom. The van der Waals surface area contributed by atoms with Crippen LogP contribution in [-0.4, -0.2) is 37.0 Å². The smallest absolute Gasteiger partial charge is 0.243 e. The summed E-state index contributed by atoms with van der Waals surface area (Å²) in [6.45, 7) is 2.26. The van der Waals surface area contributed by atoms with Crippen molar-refractivity contribution < 1.29 is 13.5 Å². The third kappa shape index (κ3) is 2.29. The fourth-order valence-electron chi connectivity index (χ4n) is 1.96. The topological polar surface area (TPSA) is 83.6 Å². The predicted octanol–water partition coefficient (Wildman–Crippen LogP) is 0.333. The number of nitrogen functional groups attached to an aromatic ring is 1. The highest BCUT2D eigenvalue weighted by molar-refractivity contribution is 7.89. The van der Waals surface area contributed by atoms with E-state index in [2.05, 4.69) is 0 Å². The number of nitrogens with zero attached hydrogens (tertiary/aromatic N) is 1. The van der Waals surface area contributed by atoms with Crippen LogP contribution >= 0.6 is 0 Å². The molecule has 0 amide bonds. The van der Waals surface area contributed by atoms with Crippen molar-refractivity contribution in [1.82, 2.24) is 4.31 Å². The maximum atomic E-state index is 12.3. The zero-order chi connectivity index (χ0) is 12.6. The van der Waals surface area contributed by atoms with Gasteiger partial charge >= 0.3 is 0 Å². The van der Waals surface area contributed by atoms with E-state index in [9.17, 15) is 13.5 Å². The van der Waals surface area contributed by atoms with E-state index in [4.69, 9.17) is 5.73 Å². The molecule has 1 heterocycles. The summed E-state index contributed by atoms with van der Waals surface area (Å²) in [4.78, 5) is 0.228. The number of anilines is 1. The summed E-state index contributed by atoms with van der Waals surface area (Å²) in [6, 6.07) is 4.83. The molecule has 6 heteroatoms. The highest BCUT2D eigenvalue weighted by Crippen LogP contribution is 2.25. The number of sulfonamides is 1. The average Bonchev–Trinajstić information content (AvgIpc) is 2.69. The standard InChI is InChI=1S/C11H16N2O3S/c1-8-2-3-9(12)6-11(8)17(15,16)13-5-4-10(14)7-13/h2-3,6,10,14H,4-5,7,12H2,1H3. The first kappa shape index (κ1) is 12.3. The van der Waals surface area contributed by atoms with Gasteiger partial charge in [-0.3, -0.25) is 0 Å². The van der Waals surface area contributed by atoms with Gasteiger partial charge in [-0.05, 0) is 31.0 Å². The lowest BCUT2D eigenvalue weighted by Crippen LogP contribution is -2.30. The molecule has 0 aliphatic carbocycles. The molecule has 5 nitrogen and oxygen atoms in total. The van der Waals surface area contributed by atoms with Crippen LogP contribution in [0.5, 0.6) is 0 Å². The molecule has 1 unspecified atom stereocenters. The van der Waals surface area contributed by atoms with Gasteiger partial charge in [0.25, 0.3) is 0 Å². The van der Waals surface area contributed by atoms with Crippen LogP contribution in [0.1, 0.15) is 12.0 Å². The molecule has 2 rings (SSSR count). The van der Waals surface area contributed by atoms with Gasteiger partial charge in [0.05, 0.1) is 11.0 Å². The number of aliphatic hydroxyl groups excluding tert-OH is 1. The van der Waals surface area contributed by atoms with Gasteiger partial charge in [-0.2, -0.15) is 4.31 Å². The Balaban J connectivity index is 2.41. The number of benzene rings is 1. The molecule has 1 saturated heterocycles.